The number of hydrogen-bond donors (Lipinski definition) is 2. The van der Waals surface area contributed by atoms with Crippen LogP contribution in [0, 0.1) is 17.0 Å². The molecule has 8 heteroatoms. The van der Waals surface area contributed by atoms with E-state index in [1.165, 1.54) is 12.1 Å². The summed E-state index contributed by atoms with van der Waals surface area (Å²) in [5.41, 5.74) is 2.81. The molecule has 2 amide bonds. The standard InChI is InChI=1S/C20H24N4O4/c1-4-15-7-5-6-8-17(15)21-19(25)12-23(3)13-20(26)22-18-11-16(24(27)28)10-9-14(18)2/h5-11H,4,12-13H2,1-3H3,(H,21,25)(H,22,26). The van der Waals surface area contributed by atoms with E-state index in [0.717, 1.165) is 23.2 Å². The van der Waals surface area contributed by atoms with E-state index in [1.54, 1.807) is 24.9 Å². The number of non-ortho nitro benzene ring substituents is 1. The summed E-state index contributed by atoms with van der Waals surface area (Å²) >= 11 is 0. The van der Waals surface area contributed by atoms with Gasteiger partial charge in [-0.25, -0.2) is 0 Å². The number of nitro benzene ring substituents is 1. The Kier molecular flexibility index (Phi) is 7.22. The molecule has 0 aliphatic carbocycles. The Balaban J connectivity index is 1.91. The lowest BCUT2D eigenvalue weighted by atomic mass is 10.1. The number of rotatable bonds is 8. The highest BCUT2D eigenvalue weighted by Crippen LogP contribution is 2.21. The molecule has 0 heterocycles. The largest absolute Gasteiger partial charge is 0.325 e. The van der Waals surface area contributed by atoms with Gasteiger partial charge in [0, 0.05) is 17.8 Å². The summed E-state index contributed by atoms with van der Waals surface area (Å²) in [6.07, 6.45) is 0.803. The molecule has 0 unspecified atom stereocenters. The Morgan fingerprint density at radius 2 is 1.64 bits per heavy atom. The number of likely N-dealkylation sites (N-methyl/N-ethyl adjacent to an activating group) is 1. The van der Waals surface area contributed by atoms with Crippen molar-refractivity contribution in [1.29, 1.82) is 0 Å². The molecule has 0 aliphatic rings. The fourth-order valence-corrected chi connectivity index (χ4v) is 2.73. The molecule has 8 nitrogen and oxygen atoms in total. The molecule has 0 saturated heterocycles. The lowest BCUT2D eigenvalue weighted by Crippen LogP contribution is -2.36. The highest BCUT2D eigenvalue weighted by atomic mass is 16.6. The van der Waals surface area contributed by atoms with Gasteiger partial charge in [-0.05, 0) is 37.6 Å². The van der Waals surface area contributed by atoms with Crippen LogP contribution in [0.25, 0.3) is 0 Å². The molecule has 28 heavy (non-hydrogen) atoms. The highest BCUT2D eigenvalue weighted by molar-refractivity contribution is 5.95. The van der Waals surface area contributed by atoms with Gasteiger partial charge in [0.05, 0.1) is 23.7 Å². The Morgan fingerprint density at radius 3 is 2.25 bits per heavy atom. The van der Waals surface area contributed by atoms with E-state index in [0.29, 0.717) is 5.69 Å². The fraction of sp³-hybridized carbons (Fsp3) is 0.300. The van der Waals surface area contributed by atoms with Gasteiger partial charge >= 0.3 is 0 Å². The number of hydrogen-bond acceptors (Lipinski definition) is 5. The smallest absolute Gasteiger partial charge is 0.271 e. The van der Waals surface area contributed by atoms with Crippen molar-refractivity contribution in [3.05, 3.63) is 63.7 Å². The molecule has 0 radical (unpaired) electrons. The van der Waals surface area contributed by atoms with Gasteiger partial charge in [0.15, 0.2) is 0 Å². The van der Waals surface area contributed by atoms with E-state index in [2.05, 4.69) is 10.6 Å². The van der Waals surface area contributed by atoms with Gasteiger partial charge in [0.1, 0.15) is 0 Å². The van der Waals surface area contributed by atoms with Crippen molar-refractivity contribution in [1.82, 2.24) is 4.90 Å². The van der Waals surface area contributed by atoms with Crippen molar-refractivity contribution in [2.45, 2.75) is 20.3 Å². The van der Waals surface area contributed by atoms with Gasteiger partial charge in [-0.1, -0.05) is 31.2 Å². The SMILES string of the molecule is CCc1ccccc1NC(=O)CN(C)CC(=O)Nc1cc([N+](=O)[O-])ccc1C. The van der Waals surface area contributed by atoms with E-state index >= 15 is 0 Å². The van der Waals surface area contributed by atoms with Crippen molar-refractivity contribution in [3.63, 3.8) is 0 Å². The molecule has 0 spiro atoms. The van der Waals surface area contributed by atoms with Crippen LogP contribution in [0.5, 0.6) is 0 Å². The van der Waals surface area contributed by atoms with Gasteiger partial charge < -0.3 is 10.6 Å². The zero-order chi connectivity index (χ0) is 20.7. The monoisotopic (exact) mass is 384 g/mol. The predicted octanol–water partition coefficient (Wildman–Crippen LogP) is 2.97. The van der Waals surface area contributed by atoms with Crippen molar-refractivity contribution >= 4 is 28.9 Å². The molecule has 148 valence electrons. The number of amides is 2. The summed E-state index contributed by atoms with van der Waals surface area (Å²) in [6, 6.07) is 11.9. The lowest BCUT2D eigenvalue weighted by Gasteiger charge is -2.17. The Morgan fingerprint density at radius 1 is 1.04 bits per heavy atom. The van der Waals surface area contributed by atoms with Crippen LogP contribution in [0.2, 0.25) is 0 Å². The van der Waals surface area contributed by atoms with Crippen molar-refractivity contribution in [3.8, 4) is 0 Å². The first-order valence-corrected chi connectivity index (χ1v) is 8.91. The summed E-state index contributed by atoms with van der Waals surface area (Å²) in [5, 5.41) is 16.4. The minimum absolute atomic E-state index is 0.0228. The molecule has 2 aromatic carbocycles. The average molecular weight is 384 g/mol. The molecular formula is C20H24N4O4. The number of para-hydroxylation sites is 1. The van der Waals surface area contributed by atoms with Crippen LogP contribution in [0.1, 0.15) is 18.1 Å². The minimum atomic E-state index is -0.514. The molecule has 0 aliphatic heterocycles. The number of nitrogens with zero attached hydrogens (tertiary/aromatic N) is 2. The number of carbonyl (C=O) groups excluding carboxylic acids is 2. The van der Waals surface area contributed by atoms with Crippen LogP contribution in [-0.2, 0) is 16.0 Å². The summed E-state index contributed by atoms with van der Waals surface area (Å²) < 4.78 is 0. The fourth-order valence-electron chi connectivity index (χ4n) is 2.73. The summed E-state index contributed by atoms with van der Waals surface area (Å²) in [7, 11) is 1.66. The molecule has 0 bridgehead atoms. The summed E-state index contributed by atoms with van der Waals surface area (Å²) in [6.45, 7) is 3.78. The second-order valence-electron chi connectivity index (χ2n) is 6.54. The Labute approximate surface area is 163 Å². The van der Waals surface area contributed by atoms with Crippen molar-refractivity contribution in [2.75, 3.05) is 30.8 Å². The summed E-state index contributed by atoms with van der Waals surface area (Å²) in [5.74, 6) is -0.574. The first-order chi connectivity index (χ1) is 13.3. The molecule has 0 aromatic heterocycles. The predicted molar refractivity (Wildman–Crippen MR) is 108 cm³/mol. The van der Waals surface area contributed by atoms with E-state index in [-0.39, 0.29) is 30.6 Å². The van der Waals surface area contributed by atoms with Gasteiger partial charge in [-0.2, -0.15) is 0 Å². The van der Waals surface area contributed by atoms with Crippen LogP contribution < -0.4 is 10.6 Å². The lowest BCUT2D eigenvalue weighted by molar-refractivity contribution is -0.384. The van der Waals surface area contributed by atoms with Crippen molar-refractivity contribution < 1.29 is 14.5 Å². The number of nitrogens with one attached hydrogen (secondary N) is 2. The maximum absolute atomic E-state index is 12.2. The van der Waals surface area contributed by atoms with Gasteiger partial charge in [0.2, 0.25) is 11.8 Å². The number of aryl methyl sites for hydroxylation is 2. The molecule has 2 N–H and O–H groups in total. The maximum Gasteiger partial charge on any atom is 0.271 e. The first-order valence-electron chi connectivity index (χ1n) is 8.91. The maximum atomic E-state index is 12.2. The van der Waals surface area contributed by atoms with Gasteiger partial charge in [-0.15, -0.1) is 0 Å². The second kappa shape index (κ2) is 9.61. The quantitative estimate of drug-likeness (QED) is 0.538. The van der Waals surface area contributed by atoms with Gasteiger partial charge in [-0.3, -0.25) is 24.6 Å². The van der Waals surface area contributed by atoms with E-state index in [4.69, 9.17) is 0 Å². The second-order valence-corrected chi connectivity index (χ2v) is 6.54. The summed E-state index contributed by atoms with van der Waals surface area (Å²) in [4.78, 5) is 36.4. The van der Waals surface area contributed by atoms with Crippen LogP contribution >= 0.6 is 0 Å². The molecule has 2 aromatic rings. The van der Waals surface area contributed by atoms with Crippen LogP contribution in [0.3, 0.4) is 0 Å². The number of carbonyl (C=O) groups is 2. The molecule has 0 saturated carbocycles. The van der Waals surface area contributed by atoms with Crippen LogP contribution in [0.15, 0.2) is 42.5 Å². The van der Waals surface area contributed by atoms with Crippen LogP contribution in [0.4, 0.5) is 17.1 Å². The third-order valence-electron chi connectivity index (χ3n) is 4.21. The Hall–Kier alpha value is -3.26. The molecule has 0 fully saturated rings. The number of anilines is 2. The average Bonchev–Trinajstić information content (AvgIpc) is 2.63. The molecular weight excluding hydrogens is 360 g/mol. The third kappa shape index (κ3) is 5.88. The number of nitro groups is 1. The third-order valence-corrected chi connectivity index (χ3v) is 4.21. The number of benzene rings is 2. The van der Waals surface area contributed by atoms with E-state index < -0.39 is 4.92 Å². The van der Waals surface area contributed by atoms with Crippen molar-refractivity contribution in [2.24, 2.45) is 0 Å². The molecule has 2 rings (SSSR count). The first kappa shape index (κ1) is 21.0. The molecule has 0 atom stereocenters. The zero-order valence-electron chi connectivity index (χ0n) is 16.2. The van der Waals surface area contributed by atoms with E-state index in [9.17, 15) is 19.7 Å². The topological polar surface area (TPSA) is 105 Å². The zero-order valence-corrected chi connectivity index (χ0v) is 16.2. The Bertz CT molecular complexity index is 882. The van der Waals surface area contributed by atoms with Gasteiger partial charge in [0.25, 0.3) is 5.69 Å². The minimum Gasteiger partial charge on any atom is -0.325 e. The normalized spacial score (nSPS) is 10.6. The van der Waals surface area contributed by atoms with E-state index in [1.807, 2.05) is 31.2 Å². The highest BCUT2D eigenvalue weighted by Gasteiger charge is 2.14. The van der Waals surface area contributed by atoms with Crippen LogP contribution in [-0.4, -0.2) is 41.8 Å².